The summed E-state index contributed by atoms with van der Waals surface area (Å²) in [5, 5.41) is 11.9. The van der Waals surface area contributed by atoms with Gasteiger partial charge in [0.1, 0.15) is 5.75 Å². The van der Waals surface area contributed by atoms with Crippen LogP contribution in [0.1, 0.15) is 45.1 Å². The first-order valence-electron chi connectivity index (χ1n) is 6.88. The standard InChI is InChI=1S/C16H23NO4/c1-16(2,3)17-14(18)9-12(10-15(19)20)11-5-7-13(21-4)8-6-11/h5-8,12H,9-10H2,1-4H3,(H,17,18)(H,19,20)/t12-/m1/s1. The van der Waals surface area contributed by atoms with Crippen molar-refractivity contribution in [3.63, 3.8) is 0 Å². The number of hydrogen-bond acceptors (Lipinski definition) is 3. The first-order valence-corrected chi connectivity index (χ1v) is 6.88. The third-order valence-corrected chi connectivity index (χ3v) is 2.95. The van der Waals surface area contributed by atoms with E-state index in [0.29, 0.717) is 5.75 Å². The summed E-state index contributed by atoms with van der Waals surface area (Å²) in [5.41, 5.74) is 0.493. The van der Waals surface area contributed by atoms with Crippen LogP contribution in [0.5, 0.6) is 5.75 Å². The molecule has 0 aromatic heterocycles. The third kappa shape index (κ3) is 6.29. The Kier molecular flexibility index (Phi) is 5.76. The molecule has 2 N–H and O–H groups in total. The first kappa shape index (κ1) is 17.0. The van der Waals surface area contributed by atoms with Crippen molar-refractivity contribution in [1.82, 2.24) is 5.32 Å². The molecule has 0 aliphatic carbocycles. The summed E-state index contributed by atoms with van der Waals surface area (Å²) in [6.07, 6.45) is 0.0692. The van der Waals surface area contributed by atoms with Gasteiger partial charge in [0, 0.05) is 17.9 Å². The highest BCUT2D eigenvalue weighted by molar-refractivity contribution is 5.79. The number of amides is 1. The van der Waals surface area contributed by atoms with Crippen LogP contribution in [0.4, 0.5) is 0 Å². The van der Waals surface area contributed by atoms with E-state index in [1.54, 1.807) is 31.4 Å². The van der Waals surface area contributed by atoms with E-state index in [9.17, 15) is 9.59 Å². The van der Waals surface area contributed by atoms with Gasteiger partial charge in [-0.2, -0.15) is 0 Å². The van der Waals surface area contributed by atoms with Gasteiger partial charge >= 0.3 is 5.97 Å². The SMILES string of the molecule is COc1ccc([C@@H](CC(=O)O)CC(=O)NC(C)(C)C)cc1. The summed E-state index contributed by atoms with van der Waals surface area (Å²) < 4.78 is 5.08. The highest BCUT2D eigenvalue weighted by Gasteiger charge is 2.22. The van der Waals surface area contributed by atoms with Crippen LogP contribution >= 0.6 is 0 Å². The van der Waals surface area contributed by atoms with Gasteiger partial charge in [0.25, 0.3) is 0 Å². The zero-order valence-electron chi connectivity index (χ0n) is 13.0. The molecular weight excluding hydrogens is 270 g/mol. The third-order valence-electron chi connectivity index (χ3n) is 2.95. The van der Waals surface area contributed by atoms with Crippen molar-refractivity contribution < 1.29 is 19.4 Å². The van der Waals surface area contributed by atoms with Crippen LogP contribution in [0.3, 0.4) is 0 Å². The Morgan fingerprint density at radius 2 is 1.76 bits per heavy atom. The number of aliphatic carboxylic acids is 1. The molecule has 0 heterocycles. The van der Waals surface area contributed by atoms with Gasteiger partial charge in [0.05, 0.1) is 13.5 Å². The molecule has 0 radical (unpaired) electrons. The number of benzene rings is 1. The molecule has 21 heavy (non-hydrogen) atoms. The predicted molar refractivity (Wildman–Crippen MR) is 80.5 cm³/mol. The van der Waals surface area contributed by atoms with Crippen LogP contribution in [-0.2, 0) is 9.59 Å². The minimum absolute atomic E-state index is 0.0795. The molecule has 0 saturated heterocycles. The van der Waals surface area contributed by atoms with Gasteiger partial charge in [0.15, 0.2) is 0 Å². The molecular formula is C16H23NO4. The Morgan fingerprint density at radius 1 is 1.19 bits per heavy atom. The molecule has 1 atom stereocenters. The number of carbonyl (C=O) groups is 2. The number of hydrogen-bond donors (Lipinski definition) is 2. The van der Waals surface area contributed by atoms with Gasteiger partial charge in [-0.3, -0.25) is 9.59 Å². The molecule has 0 aliphatic heterocycles. The Hall–Kier alpha value is -2.04. The Bertz CT molecular complexity index is 488. The number of carboxylic acid groups (broad SMARTS) is 1. The molecule has 0 saturated carbocycles. The minimum Gasteiger partial charge on any atom is -0.497 e. The van der Waals surface area contributed by atoms with Crippen molar-refractivity contribution >= 4 is 11.9 Å². The van der Waals surface area contributed by atoms with Crippen molar-refractivity contribution in [3.8, 4) is 5.75 Å². The molecule has 0 bridgehead atoms. The molecule has 1 aromatic carbocycles. The average molecular weight is 293 g/mol. The summed E-state index contributed by atoms with van der Waals surface area (Å²) in [7, 11) is 1.57. The fourth-order valence-corrected chi connectivity index (χ4v) is 2.09. The van der Waals surface area contributed by atoms with E-state index in [0.717, 1.165) is 5.56 Å². The maximum Gasteiger partial charge on any atom is 0.303 e. The molecule has 5 nitrogen and oxygen atoms in total. The van der Waals surface area contributed by atoms with Crippen molar-refractivity contribution in [3.05, 3.63) is 29.8 Å². The van der Waals surface area contributed by atoms with Crippen molar-refractivity contribution in [2.45, 2.75) is 45.1 Å². The number of nitrogens with one attached hydrogen (secondary N) is 1. The number of carbonyl (C=O) groups excluding carboxylic acids is 1. The lowest BCUT2D eigenvalue weighted by molar-refractivity contribution is -0.137. The van der Waals surface area contributed by atoms with E-state index in [2.05, 4.69) is 5.32 Å². The van der Waals surface area contributed by atoms with Crippen LogP contribution in [-0.4, -0.2) is 29.6 Å². The topological polar surface area (TPSA) is 75.6 Å². The van der Waals surface area contributed by atoms with Crippen LogP contribution in [0.2, 0.25) is 0 Å². The normalized spacial score (nSPS) is 12.6. The van der Waals surface area contributed by atoms with Gasteiger partial charge in [-0.15, -0.1) is 0 Å². The van der Waals surface area contributed by atoms with Crippen LogP contribution in [0.15, 0.2) is 24.3 Å². The molecule has 5 heteroatoms. The second-order valence-electron chi connectivity index (χ2n) is 6.07. The maximum absolute atomic E-state index is 12.0. The van der Waals surface area contributed by atoms with E-state index in [1.165, 1.54) is 0 Å². The molecule has 1 rings (SSSR count). The second-order valence-corrected chi connectivity index (χ2v) is 6.07. The predicted octanol–water partition coefficient (Wildman–Crippen LogP) is 2.56. The molecule has 1 aromatic rings. The number of carboxylic acids is 1. The molecule has 1 amide bonds. The molecule has 0 spiro atoms. The molecule has 116 valence electrons. The highest BCUT2D eigenvalue weighted by atomic mass is 16.5. The van der Waals surface area contributed by atoms with Gasteiger partial charge in [-0.25, -0.2) is 0 Å². The lowest BCUT2D eigenvalue weighted by Gasteiger charge is -2.23. The Labute approximate surface area is 125 Å². The zero-order chi connectivity index (χ0) is 16.0. The highest BCUT2D eigenvalue weighted by Crippen LogP contribution is 2.26. The number of ether oxygens (including phenoxy) is 1. The van der Waals surface area contributed by atoms with Gasteiger partial charge in [-0.1, -0.05) is 12.1 Å². The first-order chi connectivity index (χ1) is 9.71. The summed E-state index contributed by atoms with van der Waals surface area (Å²) in [6.45, 7) is 5.68. The van der Waals surface area contributed by atoms with Crippen LogP contribution in [0, 0.1) is 0 Å². The van der Waals surface area contributed by atoms with E-state index >= 15 is 0 Å². The minimum atomic E-state index is -0.917. The van der Waals surface area contributed by atoms with Crippen molar-refractivity contribution in [1.29, 1.82) is 0 Å². The van der Waals surface area contributed by atoms with Gasteiger partial charge < -0.3 is 15.2 Å². The lowest BCUT2D eigenvalue weighted by atomic mass is 9.91. The monoisotopic (exact) mass is 293 g/mol. The Morgan fingerprint density at radius 3 is 2.19 bits per heavy atom. The summed E-state index contributed by atoms with van der Waals surface area (Å²) >= 11 is 0. The van der Waals surface area contributed by atoms with E-state index in [4.69, 9.17) is 9.84 Å². The molecule has 0 aliphatic rings. The lowest BCUT2D eigenvalue weighted by Crippen LogP contribution is -2.41. The van der Waals surface area contributed by atoms with Crippen LogP contribution in [0.25, 0.3) is 0 Å². The fourth-order valence-electron chi connectivity index (χ4n) is 2.09. The average Bonchev–Trinajstić information content (AvgIpc) is 2.35. The smallest absolute Gasteiger partial charge is 0.303 e. The van der Waals surface area contributed by atoms with Crippen LogP contribution < -0.4 is 10.1 Å². The van der Waals surface area contributed by atoms with E-state index in [-0.39, 0.29) is 30.2 Å². The summed E-state index contributed by atoms with van der Waals surface area (Å²) in [6, 6.07) is 7.14. The van der Waals surface area contributed by atoms with Gasteiger partial charge in [0.2, 0.25) is 5.91 Å². The molecule has 0 fully saturated rings. The fraction of sp³-hybridized carbons (Fsp3) is 0.500. The number of rotatable bonds is 6. The summed E-state index contributed by atoms with van der Waals surface area (Å²) in [4.78, 5) is 23.0. The second kappa shape index (κ2) is 7.11. The quantitative estimate of drug-likeness (QED) is 0.845. The van der Waals surface area contributed by atoms with Crippen molar-refractivity contribution in [2.75, 3.05) is 7.11 Å². The van der Waals surface area contributed by atoms with Gasteiger partial charge in [-0.05, 0) is 38.5 Å². The largest absolute Gasteiger partial charge is 0.497 e. The molecule has 0 unspecified atom stereocenters. The van der Waals surface area contributed by atoms with E-state index < -0.39 is 5.97 Å². The summed E-state index contributed by atoms with van der Waals surface area (Å²) in [5.74, 6) is -0.716. The maximum atomic E-state index is 12.0. The number of methoxy groups -OCH3 is 1. The van der Waals surface area contributed by atoms with Crippen molar-refractivity contribution in [2.24, 2.45) is 0 Å². The Balaban J connectivity index is 2.84. The van der Waals surface area contributed by atoms with E-state index in [1.807, 2.05) is 20.8 Å². The zero-order valence-corrected chi connectivity index (χ0v) is 13.0.